The normalized spacial score (nSPS) is 16.4. The van der Waals surface area contributed by atoms with Crippen LogP contribution in [0, 0.1) is 5.41 Å². The number of para-hydroxylation sites is 1. The Bertz CT molecular complexity index is 639. The maximum absolute atomic E-state index is 12.6. The summed E-state index contributed by atoms with van der Waals surface area (Å²) in [5.41, 5.74) is 6.94. The summed E-state index contributed by atoms with van der Waals surface area (Å²) < 4.78 is 7.07. The SMILES string of the molecule is Cl.NCC1(C(=O)Nc2cnn(-c3ccccc3)c2)CCOCC1. The third-order valence-electron chi connectivity index (χ3n) is 4.18. The highest BCUT2D eigenvalue weighted by atomic mass is 35.5. The van der Waals surface area contributed by atoms with E-state index >= 15 is 0 Å². The fraction of sp³-hybridized carbons (Fsp3) is 0.375. The molecule has 0 spiro atoms. The fourth-order valence-electron chi connectivity index (χ4n) is 2.66. The van der Waals surface area contributed by atoms with E-state index in [-0.39, 0.29) is 18.3 Å². The van der Waals surface area contributed by atoms with Gasteiger partial charge in [-0.3, -0.25) is 4.79 Å². The number of benzene rings is 1. The second kappa shape index (κ2) is 7.59. The molecular weight excluding hydrogens is 316 g/mol. The van der Waals surface area contributed by atoms with Crippen LogP contribution >= 0.6 is 12.4 Å². The molecule has 3 rings (SSSR count). The number of carbonyl (C=O) groups excluding carboxylic acids is 1. The molecule has 7 heteroatoms. The van der Waals surface area contributed by atoms with Gasteiger partial charge in [-0.25, -0.2) is 4.68 Å². The summed E-state index contributed by atoms with van der Waals surface area (Å²) in [5, 5.41) is 7.21. The van der Waals surface area contributed by atoms with E-state index in [9.17, 15) is 4.79 Å². The third kappa shape index (κ3) is 3.72. The van der Waals surface area contributed by atoms with Crippen LogP contribution in [0.5, 0.6) is 0 Å². The zero-order valence-corrected chi connectivity index (χ0v) is 13.6. The number of nitrogens with zero attached hydrogens (tertiary/aromatic N) is 2. The summed E-state index contributed by atoms with van der Waals surface area (Å²) in [6.45, 7) is 1.48. The highest BCUT2D eigenvalue weighted by molar-refractivity contribution is 5.95. The van der Waals surface area contributed by atoms with E-state index in [0.717, 1.165) is 5.69 Å². The van der Waals surface area contributed by atoms with Gasteiger partial charge in [-0.1, -0.05) is 18.2 Å². The summed E-state index contributed by atoms with van der Waals surface area (Å²) in [4.78, 5) is 12.6. The van der Waals surface area contributed by atoms with Gasteiger partial charge in [0.25, 0.3) is 0 Å². The number of anilines is 1. The van der Waals surface area contributed by atoms with Gasteiger partial charge in [-0.2, -0.15) is 5.10 Å². The molecule has 2 aromatic rings. The van der Waals surface area contributed by atoms with Gasteiger partial charge >= 0.3 is 0 Å². The molecule has 6 nitrogen and oxygen atoms in total. The number of ether oxygens (including phenoxy) is 1. The van der Waals surface area contributed by atoms with Crippen molar-refractivity contribution in [3.8, 4) is 5.69 Å². The van der Waals surface area contributed by atoms with Crippen molar-refractivity contribution in [3.63, 3.8) is 0 Å². The van der Waals surface area contributed by atoms with E-state index in [1.807, 2.05) is 30.3 Å². The lowest BCUT2D eigenvalue weighted by Gasteiger charge is -2.34. The molecule has 0 saturated carbocycles. The van der Waals surface area contributed by atoms with Crippen LogP contribution in [-0.4, -0.2) is 35.4 Å². The molecule has 1 aliphatic heterocycles. The predicted octanol–water partition coefficient (Wildman–Crippen LogP) is 1.99. The van der Waals surface area contributed by atoms with Gasteiger partial charge in [0.1, 0.15) is 0 Å². The first kappa shape index (κ1) is 17.5. The topological polar surface area (TPSA) is 82.2 Å². The Hall–Kier alpha value is -1.89. The predicted molar refractivity (Wildman–Crippen MR) is 91.0 cm³/mol. The monoisotopic (exact) mass is 336 g/mol. The molecule has 0 unspecified atom stereocenters. The number of carbonyl (C=O) groups is 1. The first-order chi connectivity index (χ1) is 10.7. The number of halogens is 1. The Morgan fingerprint density at radius 3 is 2.65 bits per heavy atom. The molecule has 2 heterocycles. The number of nitrogens with one attached hydrogen (secondary N) is 1. The van der Waals surface area contributed by atoms with Crippen molar-refractivity contribution in [3.05, 3.63) is 42.7 Å². The molecule has 3 N–H and O–H groups in total. The summed E-state index contributed by atoms with van der Waals surface area (Å²) in [6, 6.07) is 9.75. The number of hydrogen-bond donors (Lipinski definition) is 2. The molecule has 23 heavy (non-hydrogen) atoms. The van der Waals surface area contributed by atoms with E-state index in [1.165, 1.54) is 0 Å². The minimum atomic E-state index is -0.535. The van der Waals surface area contributed by atoms with Crippen molar-refractivity contribution in [1.29, 1.82) is 0 Å². The average molecular weight is 337 g/mol. The zero-order valence-electron chi connectivity index (χ0n) is 12.8. The largest absolute Gasteiger partial charge is 0.381 e. The molecule has 1 amide bonds. The van der Waals surface area contributed by atoms with Crippen LogP contribution < -0.4 is 11.1 Å². The number of aromatic nitrogens is 2. The molecule has 124 valence electrons. The van der Waals surface area contributed by atoms with Gasteiger partial charge in [-0.05, 0) is 25.0 Å². The molecule has 1 aromatic carbocycles. The summed E-state index contributed by atoms with van der Waals surface area (Å²) >= 11 is 0. The first-order valence-corrected chi connectivity index (χ1v) is 7.43. The average Bonchev–Trinajstić information content (AvgIpc) is 3.05. The van der Waals surface area contributed by atoms with E-state index in [1.54, 1.807) is 17.1 Å². The third-order valence-corrected chi connectivity index (χ3v) is 4.18. The highest BCUT2D eigenvalue weighted by Crippen LogP contribution is 2.30. The molecule has 0 atom stereocenters. The van der Waals surface area contributed by atoms with Crippen LogP contribution in [0.3, 0.4) is 0 Å². The maximum atomic E-state index is 12.6. The van der Waals surface area contributed by atoms with Gasteiger partial charge in [0, 0.05) is 19.8 Å². The van der Waals surface area contributed by atoms with Gasteiger partial charge in [0.05, 0.1) is 29.2 Å². The second-order valence-corrected chi connectivity index (χ2v) is 5.56. The Kier molecular flexibility index (Phi) is 5.76. The lowest BCUT2D eigenvalue weighted by molar-refractivity contribution is -0.130. The van der Waals surface area contributed by atoms with Crippen molar-refractivity contribution in [2.75, 3.05) is 25.1 Å². The summed E-state index contributed by atoms with van der Waals surface area (Å²) in [7, 11) is 0. The van der Waals surface area contributed by atoms with E-state index in [0.29, 0.717) is 38.3 Å². The highest BCUT2D eigenvalue weighted by Gasteiger charge is 2.38. The summed E-state index contributed by atoms with van der Waals surface area (Å²) in [6.07, 6.45) is 4.76. The van der Waals surface area contributed by atoms with E-state index in [2.05, 4.69) is 10.4 Å². The van der Waals surface area contributed by atoms with E-state index in [4.69, 9.17) is 10.5 Å². The fourth-order valence-corrected chi connectivity index (χ4v) is 2.66. The molecule has 0 aliphatic carbocycles. The molecular formula is C16H21ClN4O2. The van der Waals surface area contributed by atoms with Crippen LogP contribution in [0.2, 0.25) is 0 Å². The molecule has 1 aromatic heterocycles. The second-order valence-electron chi connectivity index (χ2n) is 5.56. The minimum Gasteiger partial charge on any atom is -0.381 e. The van der Waals surface area contributed by atoms with Gasteiger partial charge in [-0.15, -0.1) is 12.4 Å². The van der Waals surface area contributed by atoms with Crippen molar-refractivity contribution >= 4 is 24.0 Å². The molecule has 1 fully saturated rings. The maximum Gasteiger partial charge on any atom is 0.232 e. The van der Waals surface area contributed by atoms with Crippen molar-refractivity contribution in [2.45, 2.75) is 12.8 Å². The van der Waals surface area contributed by atoms with Gasteiger partial charge < -0.3 is 15.8 Å². The van der Waals surface area contributed by atoms with Gasteiger partial charge in [0.2, 0.25) is 5.91 Å². The Balaban J connectivity index is 0.00000192. The Morgan fingerprint density at radius 1 is 1.30 bits per heavy atom. The molecule has 0 bridgehead atoms. The number of hydrogen-bond acceptors (Lipinski definition) is 4. The standard InChI is InChI=1S/C16H20N4O2.ClH/c17-12-16(6-8-22-9-7-16)15(21)19-13-10-18-20(11-13)14-4-2-1-3-5-14;/h1-5,10-11H,6-9,12,17H2,(H,19,21);1H. The minimum absolute atomic E-state index is 0. The molecule has 1 saturated heterocycles. The van der Waals surface area contributed by atoms with Crippen molar-refractivity contribution in [1.82, 2.24) is 9.78 Å². The Labute approximate surface area is 141 Å². The van der Waals surface area contributed by atoms with Crippen molar-refractivity contribution in [2.24, 2.45) is 11.1 Å². The Morgan fingerprint density at radius 2 is 2.00 bits per heavy atom. The van der Waals surface area contributed by atoms with Crippen LogP contribution in [0.4, 0.5) is 5.69 Å². The number of rotatable bonds is 4. The molecule has 0 radical (unpaired) electrons. The number of amides is 1. The van der Waals surface area contributed by atoms with Crippen LogP contribution in [0.1, 0.15) is 12.8 Å². The smallest absolute Gasteiger partial charge is 0.232 e. The summed E-state index contributed by atoms with van der Waals surface area (Å²) in [5.74, 6) is -0.0501. The lowest BCUT2D eigenvalue weighted by atomic mass is 9.79. The van der Waals surface area contributed by atoms with Crippen molar-refractivity contribution < 1.29 is 9.53 Å². The lowest BCUT2D eigenvalue weighted by Crippen LogP contribution is -2.46. The quantitative estimate of drug-likeness (QED) is 0.894. The van der Waals surface area contributed by atoms with E-state index < -0.39 is 5.41 Å². The first-order valence-electron chi connectivity index (χ1n) is 7.43. The number of nitrogens with two attached hydrogens (primary N) is 1. The van der Waals surface area contributed by atoms with Crippen LogP contribution in [0.25, 0.3) is 5.69 Å². The van der Waals surface area contributed by atoms with Gasteiger partial charge in [0.15, 0.2) is 0 Å². The van der Waals surface area contributed by atoms with Crippen LogP contribution in [0.15, 0.2) is 42.7 Å². The molecule has 1 aliphatic rings. The zero-order chi connectivity index (χ0) is 15.4. The van der Waals surface area contributed by atoms with Crippen LogP contribution in [-0.2, 0) is 9.53 Å².